The molecule has 4 heterocycles. The van der Waals surface area contributed by atoms with Gasteiger partial charge in [-0.25, -0.2) is 0 Å². The van der Waals surface area contributed by atoms with Crippen molar-refractivity contribution in [2.75, 3.05) is 13.1 Å². The SMILES string of the molecule is O=C(Cc1cccnc1)N1CCC(c2ccnc(-c3ccncc3)c2)C1. The van der Waals surface area contributed by atoms with Gasteiger partial charge < -0.3 is 4.90 Å². The third kappa shape index (κ3) is 3.61. The van der Waals surface area contributed by atoms with Gasteiger partial charge in [-0.3, -0.25) is 19.7 Å². The van der Waals surface area contributed by atoms with E-state index in [1.165, 1.54) is 5.56 Å². The number of rotatable bonds is 4. The zero-order valence-corrected chi connectivity index (χ0v) is 14.5. The first-order valence-corrected chi connectivity index (χ1v) is 8.82. The lowest BCUT2D eigenvalue weighted by molar-refractivity contribution is -0.129. The van der Waals surface area contributed by atoms with Gasteiger partial charge in [0.05, 0.1) is 12.1 Å². The van der Waals surface area contributed by atoms with E-state index in [2.05, 4.69) is 27.1 Å². The number of carbonyl (C=O) groups excluding carboxylic acids is 1. The molecule has 1 amide bonds. The summed E-state index contributed by atoms with van der Waals surface area (Å²) < 4.78 is 0. The number of carbonyl (C=O) groups is 1. The molecule has 5 heteroatoms. The van der Waals surface area contributed by atoms with Crippen molar-refractivity contribution >= 4 is 5.91 Å². The number of aromatic nitrogens is 3. The van der Waals surface area contributed by atoms with E-state index in [0.29, 0.717) is 12.3 Å². The minimum atomic E-state index is 0.170. The standard InChI is InChI=1S/C21H20N4O/c26-21(12-16-2-1-7-23-14-16)25-11-6-19(15-25)18-5-10-24-20(13-18)17-3-8-22-9-4-17/h1-5,7-10,13-14,19H,6,11-12,15H2. The fraction of sp³-hybridized carbons (Fsp3) is 0.238. The summed E-state index contributed by atoms with van der Waals surface area (Å²) in [5.41, 5.74) is 4.21. The highest BCUT2D eigenvalue weighted by atomic mass is 16.2. The Balaban J connectivity index is 1.45. The number of amides is 1. The Kier molecular flexibility index (Phi) is 4.69. The Morgan fingerprint density at radius 3 is 2.77 bits per heavy atom. The predicted octanol–water partition coefficient (Wildman–Crippen LogP) is 3.10. The third-order valence-electron chi connectivity index (χ3n) is 4.85. The average molecular weight is 344 g/mol. The second-order valence-corrected chi connectivity index (χ2v) is 6.57. The molecule has 0 saturated carbocycles. The van der Waals surface area contributed by atoms with Crippen LogP contribution in [0.25, 0.3) is 11.3 Å². The van der Waals surface area contributed by atoms with Crippen LogP contribution in [0.1, 0.15) is 23.5 Å². The van der Waals surface area contributed by atoms with E-state index in [9.17, 15) is 4.79 Å². The smallest absolute Gasteiger partial charge is 0.227 e. The molecular weight excluding hydrogens is 324 g/mol. The Hall–Kier alpha value is -3.08. The van der Waals surface area contributed by atoms with E-state index < -0.39 is 0 Å². The zero-order valence-electron chi connectivity index (χ0n) is 14.5. The Morgan fingerprint density at radius 2 is 1.96 bits per heavy atom. The summed E-state index contributed by atoms with van der Waals surface area (Å²) in [5.74, 6) is 0.528. The lowest BCUT2D eigenvalue weighted by Gasteiger charge is -2.17. The highest BCUT2D eigenvalue weighted by molar-refractivity contribution is 5.79. The van der Waals surface area contributed by atoms with E-state index in [4.69, 9.17) is 0 Å². The fourth-order valence-electron chi connectivity index (χ4n) is 3.43. The molecule has 3 aromatic heterocycles. The van der Waals surface area contributed by atoms with E-state index in [-0.39, 0.29) is 5.91 Å². The van der Waals surface area contributed by atoms with E-state index in [1.54, 1.807) is 24.8 Å². The molecule has 5 nitrogen and oxygen atoms in total. The van der Waals surface area contributed by atoms with Crippen molar-refractivity contribution in [3.05, 3.63) is 78.5 Å². The van der Waals surface area contributed by atoms with E-state index in [1.807, 2.05) is 35.4 Å². The Bertz CT molecular complexity index is 883. The highest BCUT2D eigenvalue weighted by Gasteiger charge is 2.27. The van der Waals surface area contributed by atoms with Gasteiger partial charge in [0.1, 0.15) is 0 Å². The van der Waals surface area contributed by atoms with Crippen LogP contribution in [0.3, 0.4) is 0 Å². The minimum absolute atomic E-state index is 0.170. The summed E-state index contributed by atoms with van der Waals surface area (Å²) in [4.78, 5) is 27.1. The van der Waals surface area contributed by atoms with Crippen molar-refractivity contribution in [3.8, 4) is 11.3 Å². The molecule has 1 atom stereocenters. The van der Waals surface area contributed by atoms with Crippen molar-refractivity contribution in [1.29, 1.82) is 0 Å². The quantitative estimate of drug-likeness (QED) is 0.730. The maximum absolute atomic E-state index is 12.6. The molecule has 1 aliphatic heterocycles. The second-order valence-electron chi connectivity index (χ2n) is 6.57. The Labute approximate surface area is 152 Å². The normalized spacial score (nSPS) is 16.6. The molecular formula is C21H20N4O. The molecule has 0 spiro atoms. The van der Waals surface area contributed by atoms with Crippen LogP contribution in [-0.2, 0) is 11.2 Å². The average Bonchev–Trinajstić information content (AvgIpc) is 3.20. The lowest BCUT2D eigenvalue weighted by atomic mass is 9.97. The maximum atomic E-state index is 12.6. The summed E-state index contributed by atoms with van der Waals surface area (Å²) in [6.07, 6.45) is 10.3. The molecule has 0 aromatic carbocycles. The van der Waals surface area contributed by atoms with Crippen LogP contribution in [0, 0.1) is 0 Å². The van der Waals surface area contributed by atoms with Gasteiger partial charge in [0.15, 0.2) is 0 Å². The molecule has 0 radical (unpaired) electrons. The van der Waals surface area contributed by atoms with Crippen molar-refractivity contribution in [2.45, 2.75) is 18.8 Å². The van der Waals surface area contributed by atoms with Crippen LogP contribution in [0.15, 0.2) is 67.4 Å². The van der Waals surface area contributed by atoms with Crippen LogP contribution in [0.5, 0.6) is 0 Å². The van der Waals surface area contributed by atoms with Crippen molar-refractivity contribution in [1.82, 2.24) is 19.9 Å². The lowest BCUT2D eigenvalue weighted by Crippen LogP contribution is -2.29. The highest BCUT2D eigenvalue weighted by Crippen LogP contribution is 2.29. The first kappa shape index (κ1) is 16.4. The molecule has 1 unspecified atom stereocenters. The molecule has 0 N–H and O–H groups in total. The first-order valence-electron chi connectivity index (χ1n) is 8.82. The zero-order chi connectivity index (χ0) is 17.8. The van der Waals surface area contributed by atoms with Crippen molar-refractivity contribution in [2.24, 2.45) is 0 Å². The largest absolute Gasteiger partial charge is 0.342 e. The van der Waals surface area contributed by atoms with Gasteiger partial charge >= 0.3 is 0 Å². The Morgan fingerprint density at radius 1 is 1.08 bits per heavy atom. The predicted molar refractivity (Wildman–Crippen MR) is 99.3 cm³/mol. The molecule has 1 fully saturated rings. The molecule has 1 saturated heterocycles. The van der Waals surface area contributed by atoms with Gasteiger partial charge in [0, 0.05) is 55.6 Å². The van der Waals surface area contributed by atoms with E-state index in [0.717, 1.165) is 36.3 Å². The summed E-state index contributed by atoms with van der Waals surface area (Å²) in [6.45, 7) is 1.57. The van der Waals surface area contributed by atoms with Gasteiger partial charge in [-0.2, -0.15) is 0 Å². The molecule has 1 aliphatic rings. The molecule has 4 rings (SSSR count). The molecule has 130 valence electrons. The van der Waals surface area contributed by atoms with Crippen molar-refractivity contribution < 1.29 is 4.79 Å². The third-order valence-corrected chi connectivity index (χ3v) is 4.85. The summed E-state index contributed by atoms with van der Waals surface area (Å²) >= 11 is 0. The van der Waals surface area contributed by atoms with E-state index >= 15 is 0 Å². The number of hydrogen-bond donors (Lipinski definition) is 0. The topological polar surface area (TPSA) is 59.0 Å². The van der Waals surface area contributed by atoms with Gasteiger partial charge in [-0.05, 0) is 47.9 Å². The maximum Gasteiger partial charge on any atom is 0.227 e. The first-order chi connectivity index (χ1) is 12.8. The number of nitrogens with zero attached hydrogens (tertiary/aromatic N) is 4. The van der Waals surface area contributed by atoms with Gasteiger partial charge in [0.25, 0.3) is 0 Å². The molecule has 3 aromatic rings. The summed E-state index contributed by atoms with van der Waals surface area (Å²) in [5, 5.41) is 0. The van der Waals surface area contributed by atoms with Crippen LogP contribution in [-0.4, -0.2) is 38.8 Å². The van der Waals surface area contributed by atoms with Gasteiger partial charge in [-0.1, -0.05) is 6.07 Å². The molecule has 26 heavy (non-hydrogen) atoms. The molecule has 0 bridgehead atoms. The fourth-order valence-corrected chi connectivity index (χ4v) is 3.43. The minimum Gasteiger partial charge on any atom is -0.342 e. The number of hydrogen-bond acceptors (Lipinski definition) is 4. The monoisotopic (exact) mass is 344 g/mol. The van der Waals surface area contributed by atoms with Gasteiger partial charge in [-0.15, -0.1) is 0 Å². The number of likely N-dealkylation sites (tertiary alicyclic amines) is 1. The summed E-state index contributed by atoms with van der Waals surface area (Å²) in [6, 6.07) is 11.9. The van der Waals surface area contributed by atoms with Gasteiger partial charge in [0.2, 0.25) is 5.91 Å². The van der Waals surface area contributed by atoms with Crippen molar-refractivity contribution in [3.63, 3.8) is 0 Å². The molecule has 0 aliphatic carbocycles. The van der Waals surface area contributed by atoms with Crippen LogP contribution in [0.4, 0.5) is 0 Å². The number of pyridine rings is 3. The summed E-state index contributed by atoms with van der Waals surface area (Å²) in [7, 11) is 0. The van der Waals surface area contributed by atoms with Crippen LogP contribution < -0.4 is 0 Å². The van der Waals surface area contributed by atoms with Crippen LogP contribution >= 0.6 is 0 Å². The second kappa shape index (κ2) is 7.44. The van der Waals surface area contributed by atoms with Crippen LogP contribution in [0.2, 0.25) is 0 Å².